The van der Waals surface area contributed by atoms with E-state index in [1.807, 2.05) is 6.92 Å². The summed E-state index contributed by atoms with van der Waals surface area (Å²) >= 11 is 6.28. The minimum atomic E-state index is -0.722. The lowest BCUT2D eigenvalue weighted by Crippen LogP contribution is -2.00. The Balaban J connectivity index is 2.80. The van der Waals surface area contributed by atoms with Gasteiger partial charge in [-0.15, -0.1) is 0 Å². The van der Waals surface area contributed by atoms with Gasteiger partial charge in [0.1, 0.15) is 12.1 Å². The molecule has 122 valence electrons. The molecule has 7 heteroatoms. The van der Waals surface area contributed by atoms with Crippen LogP contribution in [0.4, 0.5) is 5.69 Å². The van der Waals surface area contributed by atoms with Crippen molar-refractivity contribution in [1.82, 2.24) is 0 Å². The van der Waals surface area contributed by atoms with Crippen LogP contribution in [-0.4, -0.2) is 11.2 Å². The molecule has 0 bridgehead atoms. The van der Waals surface area contributed by atoms with Crippen molar-refractivity contribution in [2.75, 3.05) is 0 Å². The molecule has 0 aliphatic heterocycles. The first-order chi connectivity index (χ1) is 11.9. The van der Waals surface area contributed by atoms with Crippen LogP contribution < -0.4 is 0 Å². The highest BCUT2D eigenvalue weighted by molar-refractivity contribution is 6.55. The number of halogens is 1. The lowest BCUT2D eigenvalue weighted by atomic mass is 9.96. The standard InChI is InChI=1S/C18H10ClN3O3/c1-11-2-4-12(5-3-11)18(19)16(10-23)15-6-13(8-20)14(9-21)7-17(15)22(24)25/h2-7,10H,1H3. The molecule has 0 amide bonds. The summed E-state index contributed by atoms with van der Waals surface area (Å²) in [5.74, 6) is 0. The van der Waals surface area contributed by atoms with Gasteiger partial charge in [-0.25, -0.2) is 0 Å². The van der Waals surface area contributed by atoms with E-state index in [1.54, 1.807) is 36.4 Å². The minimum Gasteiger partial charge on any atom is -0.298 e. The van der Waals surface area contributed by atoms with Crippen LogP contribution in [0.15, 0.2) is 36.4 Å². The summed E-state index contributed by atoms with van der Waals surface area (Å²) in [4.78, 5) is 22.2. The molecule has 2 aromatic rings. The number of nitro benzene ring substituents is 1. The van der Waals surface area contributed by atoms with Crippen molar-refractivity contribution in [2.45, 2.75) is 6.92 Å². The smallest absolute Gasteiger partial charge is 0.278 e. The summed E-state index contributed by atoms with van der Waals surface area (Å²) in [6.45, 7) is 1.88. The second-order valence-electron chi connectivity index (χ2n) is 5.11. The normalized spacial score (nSPS) is 11.0. The molecule has 0 aliphatic carbocycles. The van der Waals surface area contributed by atoms with Crippen molar-refractivity contribution >= 4 is 34.2 Å². The van der Waals surface area contributed by atoms with Gasteiger partial charge in [0, 0.05) is 11.6 Å². The number of benzene rings is 2. The molecule has 0 aromatic heterocycles. The molecule has 0 N–H and O–H groups in total. The highest BCUT2D eigenvalue weighted by Crippen LogP contribution is 2.35. The molecule has 0 saturated heterocycles. The molecule has 0 unspecified atom stereocenters. The number of nitriles is 2. The molecule has 2 aromatic carbocycles. The van der Waals surface area contributed by atoms with Crippen molar-refractivity contribution in [2.24, 2.45) is 0 Å². The average Bonchev–Trinajstić information content (AvgIpc) is 2.62. The molecule has 0 saturated carbocycles. The zero-order chi connectivity index (χ0) is 18.6. The maximum atomic E-state index is 11.6. The van der Waals surface area contributed by atoms with Crippen LogP contribution in [-0.2, 0) is 4.79 Å². The third-order valence-corrected chi connectivity index (χ3v) is 3.94. The number of aryl methyl sites for hydroxylation is 1. The van der Waals surface area contributed by atoms with E-state index >= 15 is 0 Å². The fourth-order valence-electron chi connectivity index (χ4n) is 2.23. The molecular weight excluding hydrogens is 342 g/mol. The first-order valence-corrected chi connectivity index (χ1v) is 7.35. The zero-order valence-electron chi connectivity index (χ0n) is 13.0. The van der Waals surface area contributed by atoms with Gasteiger partial charge in [-0.2, -0.15) is 10.5 Å². The van der Waals surface area contributed by atoms with Crippen molar-refractivity contribution < 1.29 is 9.72 Å². The lowest BCUT2D eigenvalue weighted by Gasteiger charge is -2.08. The van der Waals surface area contributed by atoms with Crippen LogP contribution >= 0.6 is 11.6 Å². The Morgan fingerprint density at radius 3 is 2.20 bits per heavy atom. The largest absolute Gasteiger partial charge is 0.298 e. The van der Waals surface area contributed by atoms with Crippen LogP contribution in [0.1, 0.15) is 27.8 Å². The minimum absolute atomic E-state index is 0.0201. The Labute approximate surface area is 148 Å². The highest BCUT2D eigenvalue weighted by Gasteiger charge is 2.23. The molecule has 0 aliphatic rings. The maximum Gasteiger partial charge on any atom is 0.278 e. The van der Waals surface area contributed by atoms with Crippen molar-refractivity contribution in [3.8, 4) is 12.1 Å². The predicted octanol–water partition coefficient (Wildman–Crippen LogP) is 3.95. The molecule has 25 heavy (non-hydrogen) atoms. The number of nitro groups is 1. The molecular formula is C18H10ClN3O3. The number of hydrogen-bond donors (Lipinski definition) is 0. The number of allylic oxidation sites excluding steroid dienone is 1. The average molecular weight is 352 g/mol. The van der Waals surface area contributed by atoms with Crippen LogP contribution in [0.3, 0.4) is 0 Å². The Morgan fingerprint density at radius 2 is 1.72 bits per heavy atom. The monoisotopic (exact) mass is 351 g/mol. The van der Waals surface area contributed by atoms with E-state index in [9.17, 15) is 14.9 Å². The quantitative estimate of drug-likeness (QED) is 0.272. The number of nitrogens with zero attached hydrogens (tertiary/aromatic N) is 3. The van der Waals surface area contributed by atoms with Gasteiger partial charge in [0.05, 0.1) is 26.6 Å². The number of aldehydes is 1. The summed E-state index contributed by atoms with van der Waals surface area (Å²) in [6.07, 6.45) is 0.401. The molecule has 0 spiro atoms. The number of rotatable bonds is 4. The summed E-state index contributed by atoms with van der Waals surface area (Å²) < 4.78 is 0. The fourth-order valence-corrected chi connectivity index (χ4v) is 2.50. The Morgan fingerprint density at radius 1 is 1.16 bits per heavy atom. The summed E-state index contributed by atoms with van der Waals surface area (Å²) in [6, 6.07) is 12.6. The highest BCUT2D eigenvalue weighted by atomic mass is 35.5. The molecule has 2 rings (SSSR count). The van der Waals surface area contributed by atoms with Gasteiger partial charge in [-0.1, -0.05) is 41.4 Å². The van der Waals surface area contributed by atoms with Gasteiger partial charge in [-0.05, 0) is 18.6 Å². The van der Waals surface area contributed by atoms with E-state index in [0.717, 1.165) is 17.7 Å². The molecule has 0 fully saturated rings. The predicted molar refractivity (Wildman–Crippen MR) is 92.4 cm³/mol. The van der Waals surface area contributed by atoms with E-state index in [0.29, 0.717) is 11.8 Å². The number of carbonyl (C=O) groups excluding carboxylic acids is 1. The Hall–Kier alpha value is -3.48. The van der Waals surface area contributed by atoms with E-state index in [2.05, 4.69) is 0 Å². The number of carbonyl (C=O) groups is 1. The van der Waals surface area contributed by atoms with E-state index in [-0.39, 0.29) is 27.3 Å². The Kier molecular flexibility index (Phi) is 5.28. The molecule has 0 atom stereocenters. The molecule has 0 heterocycles. The van der Waals surface area contributed by atoms with Crippen LogP contribution in [0, 0.1) is 39.7 Å². The van der Waals surface area contributed by atoms with Gasteiger partial charge in [-0.3, -0.25) is 14.9 Å². The van der Waals surface area contributed by atoms with E-state index in [4.69, 9.17) is 22.1 Å². The van der Waals surface area contributed by atoms with Crippen LogP contribution in [0.5, 0.6) is 0 Å². The van der Waals surface area contributed by atoms with Gasteiger partial charge < -0.3 is 0 Å². The van der Waals surface area contributed by atoms with E-state index in [1.165, 1.54) is 0 Å². The SMILES string of the molecule is Cc1ccc(C(Cl)=C(C=O)c2cc(C#N)c(C#N)cc2[N+](=O)[O-])cc1. The van der Waals surface area contributed by atoms with Crippen molar-refractivity contribution in [1.29, 1.82) is 10.5 Å². The lowest BCUT2D eigenvalue weighted by molar-refractivity contribution is -0.385. The van der Waals surface area contributed by atoms with E-state index < -0.39 is 10.6 Å². The third-order valence-electron chi connectivity index (χ3n) is 3.52. The first-order valence-electron chi connectivity index (χ1n) is 6.98. The summed E-state index contributed by atoms with van der Waals surface area (Å²) in [5.41, 5.74) is 0.566. The van der Waals surface area contributed by atoms with Gasteiger partial charge in [0.2, 0.25) is 0 Å². The Bertz CT molecular complexity index is 980. The third kappa shape index (κ3) is 3.55. The fraction of sp³-hybridized carbons (Fsp3) is 0.0556. The first kappa shape index (κ1) is 17.9. The zero-order valence-corrected chi connectivity index (χ0v) is 13.7. The van der Waals surface area contributed by atoms with Crippen LogP contribution in [0.2, 0.25) is 0 Å². The van der Waals surface area contributed by atoms with Crippen LogP contribution in [0.25, 0.3) is 10.6 Å². The number of hydrogen-bond acceptors (Lipinski definition) is 5. The molecule has 6 nitrogen and oxygen atoms in total. The van der Waals surface area contributed by atoms with Gasteiger partial charge in [0.15, 0.2) is 6.29 Å². The maximum absolute atomic E-state index is 11.6. The van der Waals surface area contributed by atoms with Crippen molar-refractivity contribution in [3.05, 3.63) is 74.3 Å². The van der Waals surface area contributed by atoms with Gasteiger partial charge >= 0.3 is 0 Å². The van der Waals surface area contributed by atoms with Gasteiger partial charge in [0.25, 0.3) is 5.69 Å². The second-order valence-corrected chi connectivity index (χ2v) is 5.49. The second kappa shape index (κ2) is 7.39. The molecule has 0 radical (unpaired) electrons. The summed E-state index contributed by atoms with van der Waals surface area (Å²) in [7, 11) is 0. The summed E-state index contributed by atoms with van der Waals surface area (Å²) in [5, 5.41) is 29.5. The van der Waals surface area contributed by atoms with Crippen molar-refractivity contribution in [3.63, 3.8) is 0 Å². The topological polar surface area (TPSA) is 108 Å².